The number of halogens is 1. The van der Waals surface area contributed by atoms with Gasteiger partial charge >= 0.3 is 0 Å². The zero-order valence-electron chi connectivity index (χ0n) is 12.3. The summed E-state index contributed by atoms with van der Waals surface area (Å²) in [6.45, 7) is 0. The van der Waals surface area contributed by atoms with Crippen LogP contribution in [0.15, 0.2) is 59.7 Å². The Kier molecular flexibility index (Phi) is 4.47. The number of aromatic hydroxyl groups is 1. The molecule has 3 rings (SSSR count). The molecule has 0 saturated heterocycles. The van der Waals surface area contributed by atoms with E-state index in [1.54, 1.807) is 44.0 Å². The van der Waals surface area contributed by atoms with Gasteiger partial charge in [-0.3, -0.25) is 0 Å². The summed E-state index contributed by atoms with van der Waals surface area (Å²) in [5, 5.41) is 13.6. The van der Waals surface area contributed by atoms with Crippen molar-refractivity contribution in [3.8, 4) is 11.5 Å². The Bertz CT molecular complexity index is 775. The topological polar surface area (TPSA) is 72.2 Å². The molecule has 0 radical (unpaired) electrons. The fraction of sp³-hybridized carbons (Fsp3) is 0.125. The fourth-order valence-corrected chi connectivity index (χ4v) is 2.45. The van der Waals surface area contributed by atoms with Gasteiger partial charge in [0, 0.05) is 28.6 Å². The molecule has 0 spiro atoms. The second-order valence-corrected chi connectivity index (χ2v) is 5.76. The number of aromatic nitrogens is 3. The van der Waals surface area contributed by atoms with Crippen molar-refractivity contribution in [3.63, 3.8) is 0 Å². The lowest BCUT2D eigenvalue weighted by atomic mass is 10.1. The van der Waals surface area contributed by atoms with Crippen LogP contribution < -0.4 is 10.1 Å². The van der Waals surface area contributed by atoms with Crippen LogP contribution in [0.1, 0.15) is 11.7 Å². The highest BCUT2D eigenvalue weighted by Crippen LogP contribution is 2.31. The number of nitrogens with one attached hydrogen (secondary N) is 1. The Balaban J connectivity index is 2.01. The van der Waals surface area contributed by atoms with Gasteiger partial charge in [-0.15, -0.1) is 0 Å². The maximum atomic E-state index is 10.3. The zero-order chi connectivity index (χ0) is 16.2. The van der Waals surface area contributed by atoms with Gasteiger partial charge in [0.1, 0.15) is 23.5 Å². The molecule has 3 aromatic rings. The number of hydrogen-bond donors (Lipinski definition) is 2. The molecule has 0 bridgehead atoms. The molecule has 0 fully saturated rings. The summed E-state index contributed by atoms with van der Waals surface area (Å²) in [5.41, 5.74) is 0.659. The Morgan fingerprint density at radius 1 is 1.30 bits per heavy atom. The summed E-state index contributed by atoms with van der Waals surface area (Å²) >= 11 is 3.36. The minimum atomic E-state index is -0.374. The highest BCUT2D eigenvalue weighted by molar-refractivity contribution is 9.10. The number of ether oxygens (including phenoxy) is 1. The van der Waals surface area contributed by atoms with Gasteiger partial charge in [0.05, 0.1) is 13.4 Å². The number of methoxy groups -OCH3 is 1. The predicted octanol–water partition coefficient (Wildman–Crippen LogP) is 3.41. The van der Waals surface area contributed by atoms with Gasteiger partial charge in [0.25, 0.3) is 0 Å². The Labute approximate surface area is 141 Å². The first-order chi connectivity index (χ1) is 11.2. The minimum Gasteiger partial charge on any atom is -0.508 e. The second-order valence-electron chi connectivity index (χ2n) is 4.84. The van der Waals surface area contributed by atoms with Crippen LogP contribution in [0.25, 0.3) is 0 Å². The number of phenols is 1. The van der Waals surface area contributed by atoms with Crippen LogP contribution in [-0.2, 0) is 0 Å². The number of nitrogens with zero attached hydrogens (tertiary/aromatic N) is 3. The molecule has 2 N–H and O–H groups in total. The van der Waals surface area contributed by atoms with Crippen molar-refractivity contribution < 1.29 is 9.84 Å². The van der Waals surface area contributed by atoms with E-state index >= 15 is 0 Å². The van der Waals surface area contributed by atoms with Gasteiger partial charge in [-0.25, -0.2) is 9.97 Å². The van der Waals surface area contributed by atoms with E-state index in [4.69, 9.17) is 4.74 Å². The third-order valence-corrected chi connectivity index (χ3v) is 3.83. The van der Waals surface area contributed by atoms with E-state index in [1.807, 2.05) is 22.9 Å². The maximum Gasteiger partial charge on any atom is 0.135 e. The number of anilines is 1. The Morgan fingerprint density at radius 2 is 2.17 bits per heavy atom. The summed E-state index contributed by atoms with van der Waals surface area (Å²) in [4.78, 5) is 8.40. The average Bonchev–Trinajstić information content (AvgIpc) is 3.09. The average molecular weight is 375 g/mol. The fourth-order valence-electron chi connectivity index (χ4n) is 2.21. The lowest BCUT2D eigenvalue weighted by molar-refractivity contribution is 0.408. The number of imidazole rings is 1. The third-order valence-electron chi connectivity index (χ3n) is 3.36. The van der Waals surface area contributed by atoms with Gasteiger partial charge in [-0.2, -0.15) is 0 Å². The van der Waals surface area contributed by atoms with Crippen LogP contribution in [0.2, 0.25) is 0 Å². The summed E-state index contributed by atoms with van der Waals surface area (Å²) in [6.07, 6.45) is 6.51. The number of rotatable bonds is 5. The molecule has 7 heteroatoms. The quantitative estimate of drug-likeness (QED) is 0.715. The highest BCUT2D eigenvalue weighted by Gasteiger charge is 2.18. The third kappa shape index (κ3) is 3.45. The first kappa shape index (κ1) is 15.4. The van der Waals surface area contributed by atoms with Crippen LogP contribution in [0.5, 0.6) is 11.5 Å². The van der Waals surface area contributed by atoms with Crippen molar-refractivity contribution in [1.82, 2.24) is 14.5 Å². The molecule has 1 atom stereocenters. The van der Waals surface area contributed by atoms with E-state index < -0.39 is 0 Å². The van der Waals surface area contributed by atoms with E-state index in [1.165, 1.54) is 0 Å². The van der Waals surface area contributed by atoms with Crippen LogP contribution >= 0.6 is 15.9 Å². The van der Waals surface area contributed by atoms with Crippen LogP contribution in [-0.4, -0.2) is 26.8 Å². The predicted molar refractivity (Wildman–Crippen MR) is 90.6 cm³/mol. The monoisotopic (exact) mass is 374 g/mol. The van der Waals surface area contributed by atoms with E-state index in [9.17, 15) is 5.11 Å². The van der Waals surface area contributed by atoms with Crippen molar-refractivity contribution in [2.45, 2.75) is 6.17 Å². The van der Waals surface area contributed by atoms with Crippen molar-refractivity contribution in [3.05, 3.63) is 65.3 Å². The maximum absolute atomic E-state index is 10.3. The Hall–Kier alpha value is -2.54. The van der Waals surface area contributed by atoms with Crippen LogP contribution in [0.3, 0.4) is 0 Å². The molecule has 0 aliphatic heterocycles. The molecule has 1 unspecified atom stereocenters. The highest BCUT2D eigenvalue weighted by atomic mass is 79.9. The molecule has 2 heterocycles. The molecule has 6 nitrogen and oxygen atoms in total. The van der Waals surface area contributed by atoms with Gasteiger partial charge in [0.2, 0.25) is 0 Å². The van der Waals surface area contributed by atoms with E-state index in [2.05, 4.69) is 31.2 Å². The van der Waals surface area contributed by atoms with E-state index in [-0.39, 0.29) is 11.9 Å². The molecule has 118 valence electrons. The molecule has 0 amide bonds. The molecule has 0 aliphatic rings. The van der Waals surface area contributed by atoms with E-state index in [0.29, 0.717) is 17.1 Å². The van der Waals surface area contributed by atoms with Crippen LogP contribution in [0.4, 0.5) is 5.82 Å². The molecule has 1 aromatic carbocycles. The summed E-state index contributed by atoms with van der Waals surface area (Å²) in [5.74, 6) is 1.50. The molecular formula is C16H15BrN4O2. The summed E-state index contributed by atoms with van der Waals surface area (Å²) in [7, 11) is 1.59. The van der Waals surface area contributed by atoms with Crippen LogP contribution in [0, 0.1) is 0 Å². The van der Waals surface area contributed by atoms with Crippen molar-refractivity contribution in [2.75, 3.05) is 12.4 Å². The lowest BCUT2D eigenvalue weighted by Gasteiger charge is -2.22. The lowest BCUT2D eigenvalue weighted by Crippen LogP contribution is -2.19. The minimum absolute atomic E-state index is 0.161. The second kappa shape index (κ2) is 6.70. The SMILES string of the molecule is COc1ccc(O)c(C(Nc2ccc(Br)cn2)n2ccnc2)c1. The summed E-state index contributed by atoms with van der Waals surface area (Å²) in [6, 6.07) is 8.85. The smallest absolute Gasteiger partial charge is 0.135 e. The summed E-state index contributed by atoms with van der Waals surface area (Å²) < 4.78 is 8.00. The van der Waals surface area contributed by atoms with Crippen molar-refractivity contribution in [1.29, 1.82) is 0 Å². The molecule has 0 saturated carbocycles. The molecule has 23 heavy (non-hydrogen) atoms. The first-order valence-corrected chi connectivity index (χ1v) is 7.69. The molecular weight excluding hydrogens is 360 g/mol. The Morgan fingerprint density at radius 3 is 2.83 bits per heavy atom. The van der Waals surface area contributed by atoms with Gasteiger partial charge < -0.3 is 19.7 Å². The number of pyridine rings is 1. The molecule has 0 aliphatic carbocycles. The number of phenolic OH excluding ortho intramolecular Hbond substituents is 1. The van der Waals surface area contributed by atoms with Gasteiger partial charge in [-0.1, -0.05) is 0 Å². The first-order valence-electron chi connectivity index (χ1n) is 6.90. The number of hydrogen-bond acceptors (Lipinski definition) is 5. The van der Waals surface area contributed by atoms with Gasteiger partial charge in [-0.05, 0) is 46.3 Å². The van der Waals surface area contributed by atoms with Crippen molar-refractivity contribution >= 4 is 21.7 Å². The zero-order valence-corrected chi connectivity index (χ0v) is 13.9. The standard InChI is InChI=1S/C16H15BrN4O2/c1-23-12-3-4-14(22)13(8-12)16(21-7-6-18-10-21)20-15-5-2-11(17)9-19-15/h2-10,16,22H,1H3,(H,19,20). The number of benzene rings is 1. The normalized spacial score (nSPS) is 11.9. The molecule has 2 aromatic heterocycles. The van der Waals surface area contributed by atoms with E-state index in [0.717, 1.165) is 4.47 Å². The van der Waals surface area contributed by atoms with Crippen molar-refractivity contribution in [2.24, 2.45) is 0 Å². The largest absolute Gasteiger partial charge is 0.508 e. The van der Waals surface area contributed by atoms with Gasteiger partial charge in [0.15, 0.2) is 0 Å².